The van der Waals surface area contributed by atoms with Gasteiger partial charge in [-0.25, -0.2) is 0 Å². The number of β-amino-alcohol motifs (C(OH)–C–C–N with tert-alkyl or cyclic N) is 1. The van der Waals surface area contributed by atoms with Crippen molar-refractivity contribution in [2.24, 2.45) is 11.1 Å². The number of carbonyl (C=O) groups is 1. The summed E-state index contributed by atoms with van der Waals surface area (Å²) in [6.45, 7) is 3.88. The molecular weight excluding hydrogens is 516 g/mol. The standard InChI is InChI=1S/C23H20Cl3F3N2O3/c1-12(2)20(32)31-10-21(33,11-31)14-5-3-13(4-6-14)18-9-22(34-30-18,23(27,28)29)15-7-16(24)19(26)17(25)8-15/h3-8,12,33H,9-11H2,1-2H3. The molecule has 0 radical (unpaired) electrons. The van der Waals surface area contributed by atoms with Crippen LogP contribution in [0.4, 0.5) is 13.2 Å². The maximum absolute atomic E-state index is 14.2. The Labute approximate surface area is 209 Å². The van der Waals surface area contributed by atoms with Gasteiger partial charge in [-0.15, -0.1) is 0 Å². The van der Waals surface area contributed by atoms with Crippen LogP contribution in [0.1, 0.15) is 37.0 Å². The summed E-state index contributed by atoms with van der Waals surface area (Å²) in [5, 5.41) is 14.2. The van der Waals surface area contributed by atoms with Crippen molar-refractivity contribution in [1.29, 1.82) is 0 Å². The highest BCUT2D eigenvalue weighted by Crippen LogP contribution is 2.50. The summed E-state index contributed by atoms with van der Waals surface area (Å²) in [5.41, 5.74) is -3.26. The number of hydrogen-bond donors (Lipinski definition) is 1. The van der Waals surface area contributed by atoms with Gasteiger partial charge in [0.1, 0.15) is 5.60 Å². The summed E-state index contributed by atoms with van der Waals surface area (Å²) in [6, 6.07) is 8.49. The Morgan fingerprint density at radius 3 is 2.15 bits per heavy atom. The number of alkyl halides is 3. The smallest absolute Gasteiger partial charge is 0.381 e. The lowest BCUT2D eigenvalue weighted by Crippen LogP contribution is -2.62. The van der Waals surface area contributed by atoms with E-state index in [9.17, 15) is 23.1 Å². The Kier molecular flexibility index (Phi) is 6.34. The van der Waals surface area contributed by atoms with Crippen molar-refractivity contribution in [2.45, 2.75) is 37.6 Å². The molecule has 2 aliphatic heterocycles. The van der Waals surface area contributed by atoms with E-state index in [-0.39, 0.29) is 51.3 Å². The number of amides is 1. The summed E-state index contributed by atoms with van der Waals surface area (Å²) < 4.78 is 42.6. The average Bonchev–Trinajstić information content (AvgIpc) is 3.21. The Hall–Kier alpha value is -2.00. The summed E-state index contributed by atoms with van der Waals surface area (Å²) >= 11 is 17.8. The number of halogens is 6. The summed E-state index contributed by atoms with van der Waals surface area (Å²) in [7, 11) is 0. The molecule has 2 aromatic rings. The molecule has 1 fully saturated rings. The first-order valence-electron chi connectivity index (χ1n) is 10.4. The molecule has 0 bridgehead atoms. The monoisotopic (exact) mass is 534 g/mol. The van der Waals surface area contributed by atoms with Crippen molar-refractivity contribution < 1.29 is 27.9 Å². The first-order valence-corrected chi connectivity index (χ1v) is 11.5. The Morgan fingerprint density at radius 2 is 1.65 bits per heavy atom. The summed E-state index contributed by atoms with van der Waals surface area (Å²) in [4.78, 5) is 18.6. The summed E-state index contributed by atoms with van der Waals surface area (Å²) in [5.74, 6) is -0.226. The van der Waals surface area contributed by atoms with Crippen molar-refractivity contribution >= 4 is 46.4 Å². The fourth-order valence-corrected chi connectivity index (χ4v) is 4.70. The molecule has 4 rings (SSSR count). The number of oxime groups is 1. The molecule has 2 aromatic carbocycles. The largest absolute Gasteiger partial charge is 0.435 e. The molecule has 1 saturated heterocycles. The maximum Gasteiger partial charge on any atom is 0.435 e. The Morgan fingerprint density at radius 1 is 1.09 bits per heavy atom. The average molecular weight is 536 g/mol. The number of hydrogen-bond acceptors (Lipinski definition) is 4. The van der Waals surface area contributed by atoms with Crippen LogP contribution in [0.15, 0.2) is 41.6 Å². The van der Waals surface area contributed by atoms with Crippen LogP contribution in [0.2, 0.25) is 15.1 Å². The molecule has 182 valence electrons. The highest BCUT2D eigenvalue weighted by atomic mass is 35.5. The van der Waals surface area contributed by atoms with Gasteiger partial charge in [0.2, 0.25) is 5.91 Å². The number of benzene rings is 2. The maximum atomic E-state index is 14.2. The van der Waals surface area contributed by atoms with Gasteiger partial charge in [-0.2, -0.15) is 13.2 Å². The molecule has 1 atom stereocenters. The van der Waals surface area contributed by atoms with Gasteiger partial charge in [0.15, 0.2) is 0 Å². The molecule has 1 unspecified atom stereocenters. The van der Waals surface area contributed by atoms with Crippen molar-refractivity contribution in [3.63, 3.8) is 0 Å². The lowest BCUT2D eigenvalue weighted by atomic mass is 9.83. The lowest BCUT2D eigenvalue weighted by molar-refractivity contribution is -0.275. The molecule has 1 amide bonds. The molecular formula is C23H20Cl3F3N2O3. The third-order valence-electron chi connectivity index (χ3n) is 6.10. The number of aliphatic hydroxyl groups is 1. The first-order chi connectivity index (χ1) is 15.8. The first kappa shape index (κ1) is 25.1. The van der Waals surface area contributed by atoms with E-state index in [1.807, 2.05) is 0 Å². The van der Waals surface area contributed by atoms with Crippen molar-refractivity contribution in [2.75, 3.05) is 13.1 Å². The van der Waals surface area contributed by atoms with E-state index < -0.39 is 23.8 Å². The highest BCUT2D eigenvalue weighted by Gasteiger charge is 2.62. The molecule has 0 aliphatic carbocycles. The predicted molar refractivity (Wildman–Crippen MR) is 123 cm³/mol. The zero-order valence-electron chi connectivity index (χ0n) is 18.1. The van der Waals surface area contributed by atoms with Gasteiger partial charge < -0.3 is 14.8 Å². The molecule has 5 nitrogen and oxygen atoms in total. The van der Waals surface area contributed by atoms with Crippen molar-refractivity contribution in [3.05, 3.63) is 68.2 Å². The van der Waals surface area contributed by atoms with E-state index >= 15 is 0 Å². The molecule has 2 heterocycles. The van der Waals surface area contributed by atoms with Crippen LogP contribution in [-0.4, -0.2) is 40.9 Å². The van der Waals surface area contributed by atoms with Gasteiger partial charge in [0.25, 0.3) is 5.60 Å². The fraction of sp³-hybridized carbons (Fsp3) is 0.391. The van der Waals surface area contributed by atoms with Gasteiger partial charge in [0.05, 0.1) is 33.9 Å². The van der Waals surface area contributed by atoms with Crippen LogP contribution >= 0.6 is 34.8 Å². The molecule has 0 aromatic heterocycles. The zero-order valence-corrected chi connectivity index (χ0v) is 20.4. The van der Waals surface area contributed by atoms with Crippen molar-refractivity contribution in [3.8, 4) is 0 Å². The summed E-state index contributed by atoms with van der Waals surface area (Å²) in [6.07, 6.45) is -5.43. The second kappa shape index (κ2) is 8.59. The molecule has 34 heavy (non-hydrogen) atoms. The van der Waals surface area contributed by atoms with Gasteiger partial charge in [-0.05, 0) is 23.3 Å². The molecule has 11 heteroatoms. The number of nitrogens with zero attached hydrogens (tertiary/aromatic N) is 2. The van der Waals surface area contributed by atoms with Gasteiger partial charge in [-0.1, -0.05) is 78.1 Å². The molecule has 1 N–H and O–H groups in total. The number of carbonyl (C=O) groups excluding carboxylic acids is 1. The quantitative estimate of drug-likeness (QED) is 0.495. The Balaban J connectivity index is 1.56. The highest BCUT2D eigenvalue weighted by molar-refractivity contribution is 6.48. The van der Waals surface area contributed by atoms with Crippen LogP contribution in [-0.2, 0) is 20.8 Å². The van der Waals surface area contributed by atoms with E-state index in [1.165, 1.54) is 0 Å². The minimum atomic E-state index is -4.83. The van der Waals surface area contributed by atoms with Gasteiger partial charge in [-0.3, -0.25) is 4.79 Å². The predicted octanol–water partition coefficient (Wildman–Crippen LogP) is 5.91. The van der Waals surface area contributed by atoms with Crippen LogP contribution < -0.4 is 0 Å². The second-order valence-electron chi connectivity index (χ2n) is 8.84. The van der Waals surface area contributed by atoms with Crippen LogP contribution in [0.3, 0.4) is 0 Å². The van der Waals surface area contributed by atoms with E-state index in [4.69, 9.17) is 39.6 Å². The van der Waals surface area contributed by atoms with Crippen molar-refractivity contribution in [1.82, 2.24) is 4.90 Å². The molecule has 2 aliphatic rings. The topological polar surface area (TPSA) is 62.1 Å². The van der Waals surface area contributed by atoms with E-state index in [0.717, 1.165) is 12.1 Å². The van der Waals surface area contributed by atoms with E-state index in [2.05, 4.69) is 5.16 Å². The molecule has 0 saturated carbocycles. The fourth-order valence-electron chi connectivity index (χ4n) is 4.11. The van der Waals surface area contributed by atoms with Crippen LogP contribution in [0.25, 0.3) is 0 Å². The Bertz CT molecular complexity index is 1140. The van der Waals surface area contributed by atoms with Gasteiger partial charge in [0, 0.05) is 17.9 Å². The third-order valence-corrected chi connectivity index (χ3v) is 7.30. The SMILES string of the molecule is CC(C)C(=O)N1CC(O)(c2ccc(C3=NOC(c4cc(Cl)c(Cl)c(Cl)c4)(C(F)(F)F)C3)cc2)C1. The lowest BCUT2D eigenvalue weighted by Gasteiger charge is -2.47. The third kappa shape index (κ3) is 4.15. The van der Waals surface area contributed by atoms with Crippen LogP contribution in [0.5, 0.6) is 0 Å². The zero-order chi connectivity index (χ0) is 25.1. The van der Waals surface area contributed by atoms with E-state index in [0.29, 0.717) is 11.1 Å². The van der Waals surface area contributed by atoms with Gasteiger partial charge >= 0.3 is 6.18 Å². The second-order valence-corrected chi connectivity index (χ2v) is 10.0. The number of rotatable bonds is 4. The minimum absolute atomic E-state index is 0.0512. The number of likely N-dealkylation sites (tertiary alicyclic amines) is 1. The van der Waals surface area contributed by atoms with E-state index in [1.54, 1.807) is 43.0 Å². The molecule has 0 spiro atoms. The minimum Gasteiger partial charge on any atom is -0.381 e. The normalized spacial score (nSPS) is 21.8. The van der Waals surface area contributed by atoms with Crippen LogP contribution in [0, 0.1) is 5.92 Å².